The highest BCUT2D eigenvalue weighted by atomic mass is 14.2. The molecule has 202 valence electrons. The summed E-state index contributed by atoms with van der Waals surface area (Å²) in [5, 5.41) is 18.4. The van der Waals surface area contributed by atoms with Gasteiger partial charge in [0.15, 0.2) is 0 Å². The predicted molar refractivity (Wildman–Crippen MR) is 191 cm³/mol. The van der Waals surface area contributed by atoms with Crippen LogP contribution in [0.1, 0.15) is 0 Å². The van der Waals surface area contributed by atoms with Crippen molar-refractivity contribution >= 4 is 75.4 Å². The second-order valence-corrected chi connectivity index (χ2v) is 12.0. The molecule has 0 nitrogen and oxygen atoms in total. The summed E-state index contributed by atoms with van der Waals surface area (Å²) < 4.78 is 0. The second-order valence-electron chi connectivity index (χ2n) is 12.0. The van der Waals surface area contributed by atoms with Gasteiger partial charge in [0.05, 0.1) is 0 Å². The zero-order chi connectivity index (χ0) is 28.8. The zero-order valence-corrected chi connectivity index (χ0v) is 24.0. The third kappa shape index (κ3) is 3.23. The summed E-state index contributed by atoms with van der Waals surface area (Å²) in [5.41, 5.74) is 5.04. The highest BCUT2D eigenvalue weighted by molar-refractivity contribution is 6.33. The molecule has 0 spiro atoms. The second kappa shape index (κ2) is 8.89. The molecule has 0 heterocycles. The molecule has 10 aromatic rings. The van der Waals surface area contributed by atoms with Crippen molar-refractivity contribution in [1.82, 2.24) is 0 Å². The van der Waals surface area contributed by atoms with E-state index in [0.717, 1.165) is 0 Å². The van der Waals surface area contributed by atoms with Crippen molar-refractivity contribution in [1.29, 1.82) is 0 Å². The molecule has 0 aliphatic carbocycles. The molecule has 0 aromatic heterocycles. The lowest BCUT2D eigenvalue weighted by Crippen LogP contribution is -1.89. The van der Waals surface area contributed by atoms with Gasteiger partial charge in [0.1, 0.15) is 0 Å². The first kappa shape index (κ1) is 23.8. The molecule has 10 aromatic carbocycles. The van der Waals surface area contributed by atoms with E-state index in [2.05, 4.69) is 158 Å². The van der Waals surface area contributed by atoms with Crippen molar-refractivity contribution in [2.75, 3.05) is 0 Å². The van der Waals surface area contributed by atoms with Crippen molar-refractivity contribution in [3.8, 4) is 22.3 Å². The number of benzene rings is 10. The van der Waals surface area contributed by atoms with Gasteiger partial charge < -0.3 is 0 Å². The van der Waals surface area contributed by atoms with Gasteiger partial charge >= 0.3 is 0 Å². The maximum absolute atomic E-state index is 2.43. The first-order valence-electron chi connectivity index (χ1n) is 15.4. The molecule has 0 radical (unpaired) electrons. The highest BCUT2D eigenvalue weighted by Crippen LogP contribution is 2.44. The molecule has 0 heteroatoms. The van der Waals surface area contributed by atoms with E-state index in [9.17, 15) is 0 Å². The van der Waals surface area contributed by atoms with Crippen LogP contribution in [0.25, 0.3) is 97.7 Å². The molecule has 0 saturated heterocycles. The SMILES string of the molecule is c1cc2ccc3ccc(-c4ccc(-c5cc6c7ccccc7c7ccccc7c6c6ccccc56)cc4)c4ccc(c1)c2c34. The van der Waals surface area contributed by atoms with Gasteiger partial charge in [0, 0.05) is 0 Å². The largest absolute Gasteiger partial charge is 0.0616 e. The molecule has 0 atom stereocenters. The van der Waals surface area contributed by atoms with Gasteiger partial charge in [0.25, 0.3) is 0 Å². The van der Waals surface area contributed by atoms with Gasteiger partial charge in [-0.1, -0.05) is 152 Å². The Kier molecular flexibility index (Phi) is 4.81. The fraction of sp³-hybridized carbons (Fsp3) is 0. The van der Waals surface area contributed by atoms with E-state index in [1.165, 1.54) is 97.7 Å². The van der Waals surface area contributed by atoms with Crippen molar-refractivity contribution in [3.63, 3.8) is 0 Å². The van der Waals surface area contributed by atoms with E-state index >= 15 is 0 Å². The molecule has 0 aliphatic heterocycles. The van der Waals surface area contributed by atoms with E-state index in [0.29, 0.717) is 0 Å². The van der Waals surface area contributed by atoms with Crippen LogP contribution in [0.4, 0.5) is 0 Å². The number of hydrogen-bond donors (Lipinski definition) is 0. The van der Waals surface area contributed by atoms with Gasteiger partial charge in [0.2, 0.25) is 0 Å². The summed E-state index contributed by atoms with van der Waals surface area (Å²) in [6.45, 7) is 0. The normalized spacial score (nSPS) is 12.1. The van der Waals surface area contributed by atoms with Crippen LogP contribution in [0, 0.1) is 0 Å². The highest BCUT2D eigenvalue weighted by Gasteiger charge is 2.16. The van der Waals surface area contributed by atoms with Gasteiger partial charge in [-0.2, -0.15) is 0 Å². The van der Waals surface area contributed by atoms with Crippen LogP contribution in [0.3, 0.4) is 0 Å². The summed E-state index contributed by atoms with van der Waals surface area (Å²) in [6.07, 6.45) is 0. The lowest BCUT2D eigenvalue weighted by Gasteiger charge is -2.17. The predicted octanol–water partition coefficient (Wildman–Crippen LogP) is 12.5. The summed E-state index contributed by atoms with van der Waals surface area (Å²) in [7, 11) is 0. The minimum absolute atomic E-state index is 1.24. The lowest BCUT2D eigenvalue weighted by molar-refractivity contribution is 1.64. The maximum atomic E-state index is 2.43. The Morgan fingerprint density at radius 3 is 1.39 bits per heavy atom. The minimum atomic E-state index is 1.24. The number of rotatable bonds is 2. The quantitative estimate of drug-likeness (QED) is 0.186. The molecule has 0 amide bonds. The Balaban J connectivity index is 1.21. The third-order valence-corrected chi connectivity index (χ3v) is 9.78. The number of hydrogen-bond acceptors (Lipinski definition) is 0. The zero-order valence-electron chi connectivity index (χ0n) is 24.0. The van der Waals surface area contributed by atoms with E-state index in [1.54, 1.807) is 0 Å². The molecule has 44 heavy (non-hydrogen) atoms. The molecule has 0 saturated carbocycles. The first-order chi connectivity index (χ1) is 21.8. The lowest BCUT2D eigenvalue weighted by atomic mass is 9.87. The van der Waals surface area contributed by atoms with Crippen LogP contribution < -0.4 is 0 Å². The molecule has 0 aliphatic rings. The van der Waals surface area contributed by atoms with Gasteiger partial charge in [-0.15, -0.1) is 0 Å². The van der Waals surface area contributed by atoms with E-state index in [4.69, 9.17) is 0 Å². The topological polar surface area (TPSA) is 0 Å². The fourth-order valence-corrected chi connectivity index (χ4v) is 7.82. The first-order valence-corrected chi connectivity index (χ1v) is 15.4. The van der Waals surface area contributed by atoms with Crippen LogP contribution in [-0.4, -0.2) is 0 Å². The molecule has 0 fully saturated rings. The molecule has 0 unspecified atom stereocenters. The van der Waals surface area contributed by atoms with Crippen LogP contribution in [0.5, 0.6) is 0 Å². The van der Waals surface area contributed by atoms with Crippen LogP contribution >= 0.6 is 0 Å². The smallest absolute Gasteiger partial charge is 0.00199 e. The van der Waals surface area contributed by atoms with Crippen molar-refractivity contribution in [2.45, 2.75) is 0 Å². The maximum Gasteiger partial charge on any atom is -0.00199 e. The van der Waals surface area contributed by atoms with Crippen molar-refractivity contribution < 1.29 is 0 Å². The average molecular weight is 555 g/mol. The van der Waals surface area contributed by atoms with E-state index < -0.39 is 0 Å². The Morgan fingerprint density at radius 2 is 0.705 bits per heavy atom. The van der Waals surface area contributed by atoms with Crippen LogP contribution in [0.15, 0.2) is 158 Å². The Labute approximate surface area is 254 Å². The van der Waals surface area contributed by atoms with Crippen LogP contribution in [-0.2, 0) is 0 Å². The molecule has 10 rings (SSSR count). The average Bonchev–Trinajstić information content (AvgIpc) is 3.10. The molecular formula is C44H26. The Hall–Kier alpha value is -5.72. The van der Waals surface area contributed by atoms with Gasteiger partial charge in [-0.05, 0) is 104 Å². The fourth-order valence-electron chi connectivity index (χ4n) is 7.82. The Bertz CT molecular complexity index is 2730. The summed E-state index contributed by atoms with van der Waals surface area (Å²) >= 11 is 0. The summed E-state index contributed by atoms with van der Waals surface area (Å²) in [6, 6.07) is 58.5. The summed E-state index contributed by atoms with van der Waals surface area (Å²) in [4.78, 5) is 0. The molecule has 0 bridgehead atoms. The van der Waals surface area contributed by atoms with Crippen molar-refractivity contribution in [3.05, 3.63) is 158 Å². The molecule has 0 N–H and O–H groups in total. The Morgan fingerprint density at radius 1 is 0.227 bits per heavy atom. The van der Waals surface area contributed by atoms with Crippen molar-refractivity contribution in [2.24, 2.45) is 0 Å². The van der Waals surface area contributed by atoms with Gasteiger partial charge in [-0.3, -0.25) is 0 Å². The third-order valence-electron chi connectivity index (χ3n) is 9.78. The summed E-state index contributed by atoms with van der Waals surface area (Å²) in [5.74, 6) is 0. The van der Waals surface area contributed by atoms with E-state index in [-0.39, 0.29) is 0 Å². The standard InChI is InChI=1S/C44H26/c1-2-12-35-33(10-1)34-11-3-5-14-37(34)44-38-15-6-4-13-36(38)40(26-41(35)44)28-18-16-27(17-19-28)32-24-22-31-21-20-29-8-7-9-30-23-25-39(32)43(31)42(29)30/h1-26H. The van der Waals surface area contributed by atoms with Crippen LogP contribution in [0.2, 0.25) is 0 Å². The van der Waals surface area contributed by atoms with E-state index in [1.807, 2.05) is 0 Å². The van der Waals surface area contributed by atoms with Gasteiger partial charge in [-0.25, -0.2) is 0 Å². The molecular weight excluding hydrogens is 528 g/mol. The number of fused-ring (bicyclic) bond motifs is 8. The monoisotopic (exact) mass is 554 g/mol. The minimum Gasteiger partial charge on any atom is -0.0616 e.